The van der Waals surface area contributed by atoms with Crippen molar-refractivity contribution >= 4 is 5.95 Å². The predicted molar refractivity (Wildman–Crippen MR) is 76.2 cm³/mol. The topological polar surface area (TPSA) is 70.8 Å². The van der Waals surface area contributed by atoms with Gasteiger partial charge in [0.25, 0.3) is 0 Å². The summed E-state index contributed by atoms with van der Waals surface area (Å²) in [6.45, 7) is 6.64. The fraction of sp³-hybridized carbons (Fsp3) is 0.857. The van der Waals surface area contributed by atoms with Gasteiger partial charge in [-0.3, -0.25) is 5.10 Å². The van der Waals surface area contributed by atoms with E-state index in [0.29, 0.717) is 17.4 Å². The van der Waals surface area contributed by atoms with Gasteiger partial charge in [-0.2, -0.15) is 4.98 Å². The Hall–Kier alpha value is -1.10. The van der Waals surface area contributed by atoms with Crippen LogP contribution in [0.2, 0.25) is 0 Å². The van der Waals surface area contributed by atoms with Crippen LogP contribution in [-0.4, -0.2) is 34.3 Å². The Morgan fingerprint density at radius 1 is 1.26 bits per heavy atom. The van der Waals surface area contributed by atoms with E-state index in [1.807, 2.05) is 0 Å². The van der Waals surface area contributed by atoms with E-state index < -0.39 is 0 Å². The molecule has 0 spiro atoms. The first-order chi connectivity index (χ1) is 9.06. The van der Waals surface area contributed by atoms with E-state index in [1.165, 1.54) is 19.3 Å². The predicted octanol–water partition coefficient (Wildman–Crippen LogP) is 2.03. The normalized spacial score (nSPS) is 27.9. The fourth-order valence-corrected chi connectivity index (χ4v) is 3.50. The average Bonchev–Trinajstić information content (AvgIpc) is 2.96. The number of piperidine rings is 1. The van der Waals surface area contributed by atoms with Gasteiger partial charge in [0.1, 0.15) is 5.82 Å². The summed E-state index contributed by atoms with van der Waals surface area (Å²) >= 11 is 0. The summed E-state index contributed by atoms with van der Waals surface area (Å²) in [5, 5.41) is 7.60. The number of nitrogens with one attached hydrogen (secondary N) is 1. The van der Waals surface area contributed by atoms with Gasteiger partial charge in [-0.05, 0) is 31.1 Å². The third-order valence-electron chi connectivity index (χ3n) is 4.90. The summed E-state index contributed by atoms with van der Waals surface area (Å²) < 4.78 is 0. The molecule has 1 aliphatic carbocycles. The molecule has 0 radical (unpaired) electrons. The molecule has 1 saturated heterocycles. The molecule has 5 nitrogen and oxygen atoms in total. The monoisotopic (exact) mass is 263 g/mol. The standard InChI is InChI=1S/C14H25N5/c1-14(2)7-3-4-11(14)12-16-13(18-17-12)19-8-5-10(15)6-9-19/h10-11H,3-9,15H2,1-2H3,(H,16,17,18). The average molecular weight is 263 g/mol. The minimum Gasteiger partial charge on any atom is -0.339 e. The zero-order chi connectivity index (χ0) is 13.5. The van der Waals surface area contributed by atoms with Gasteiger partial charge >= 0.3 is 0 Å². The third-order valence-corrected chi connectivity index (χ3v) is 4.90. The number of rotatable bonds is 2. The van der Waals surface area contributed by atoms with Crippen LogP contribution in [0.3, 0.4) is 0 Å². The van der Waals surface area contributed by atoms with Crippen molar-refractivity contribution in [3.63, 3.8) is 0 Å². The lowest BCUT2D eigenvalue weighted by Crippen LogP contribution is -2.40. The highest BCUT2D eigenvalue weighted by molar-refractivity contribution is 5.30. The molecule has 2 aliphatic rings. The summed E-state index contributed by atoms with van der Waals surface area (Å²) in [5.41, 5.74) is 6.29. The largest absolute Gasteiger partial charge is 0.339 e. The molecule has 1 saturated carbocycles. The lowest BCUT2D eigenvalue weighted by Gasteiger charge is -2.29. The summed E-state index contributed by atoms with van der Waals surface area (Å²) in [5.74, 6) is 2.47. The number of nitrogens with two attached hydrogens (primary N) is 1. The van der Waals surface area contributed by atoms with Crippen LogP contribution in [0.25, 0.3) is 0 Å². The van der Waals surface area contributed by atoms with Crippen molar-refractivity contribution in [3.8, 4) is 0 Å². The van der Waals surface area contributed by atoms with Gasteiger partial charge in [-0.1, -0.05) is 20.3 Å². The second-order valence-corrected chi connectivity index (χ2v) is 6.78. The van der Waals surface area contributed by atoms with E-state index in [9.17, 15) is 0 Å². The van der Waals surface area contributed by atoms with Gasteiger partial charge in [0.2, 0.25) is 5.95 Å². The molecule has 2 fully saturated rings. The second kappa shape index (κ2) is 4.78. The maximum Gasteiger partial charge on any atom is 0.244 e. The summed E-state index contributed by atoms with van der Waals surface area (Å²) in [7, 11) is 0. The smallest absolute Gasteiger partial charge is 0.244 e. The van der Waals surface area contributed by atoms with Crippen molar-refractivity contribution in [2.45, 2.75) is 57.9 Å². The van der Waals surface area contributed by atoms with Crippen molar-refractivity contribution in [3.05, 3.63) is 5.82 Å². The lowest BCUT2D eigenvalue weighted by molar-refractivity contribution is 0.322. The minimum atomic E-state index is 0.348. The zero-order valence-electron chi connectivity index (χ0n) is 12.0. The van der Waals surface area contributed by atoms with Crippen LogP contribution in [0.5, 0.6) is 0 Å². The molecular formula is C14H25N5. The Labute approximate surface area is 115 Å². The van der Waals surface area contributed by atoms with Gasteiger partial charge in [-0.25, -0.2) is 0 Å². The Kier molecular flexibility index (Phi) is 3.25. The van der Waals surface area contributed by atoms with Gasteiger partial charge in [0, 0.05) is 25.0 Å². The van der Waals surface area contributed by atoms with E-state index >= 15 is 0 Å². The van der Waals surface area contributed by atoms with Crippen molar-refractivity contribution in [2.24, 2.45) is 11.1 Å². The summed E-state index contributed by atoms with van der Waals surface area (Å²) in [6.07, 6.45) is 5.89. The fourth-order valence-electron chi connectivity index (χ4n) is 3.50. The lowest BCUT2D eigenvalue weighted by atomic mass is 9.81. The Balaban J connectivity index is 1.73. The van der Waals surface area contributed by atoms with Crippen molar-refractivity contribution in [1.29, 1.82) is 0 Å². The van der Waals surface area contributed by atoms with Crippen LogP contribution in [0.1, 0.15) is 57.7 Å². The molecule has 5 heteroatoms. The van der Waals surface area contributed by atoms with E-state index in [-0.39, 0.29) is 0 Å². The van der Waals surface area contributed by atoms with Gasteiger partial charge in [0.05, 0.1) is 0 Å². The number of aromatic nitrogens is 3. The molecule has 1 aromatic heterocycles. The highest BCUT2D eigenvalue weighted by Crippen LogP contribution is 2.47. The molecule has 1 aliphatic heterocycles. The molecule has 1 atom stereocenters. The Morgan fingerprint density at radius 3 is 2.63 bits per heavy atom. The third kappa shape index (κ3) is 2.48. The molecule has 19 heavy (non-hydrogen) atoms. The molecule has 0 amide bonds. The van der Waals surface area contributed by atoms with Crippen molar-refractivity contribution in [2.75, 3.05) is 18.0 Å². The van der Waals surface area contributed by atoms with E-state index in [1.54, 1.807) is 0 Å². The highest BCUT2D eigenvalue weighted by atomic mass is 15.4. The molecule has 3 rings (SSSR count). The number of hydrogen-bond acceptors (Lipinski definition) is 4. The number of anilines is 1. The van der Waals surface area contributed by atoms with Crippen LogP contribution in [0.15, 0.2) is 0 Å². The van der Waals surface area contributed by atoms with Gasteiger partial charge in [0.15, 0.2) is 0 Å². The van der Waals surface area contributed by atoms with Crippen LogP contribution in [0.4, 0.5) is 5.95 Å². The van der Waals surface area contributed by atoms with Gasteiger partial charge in [-0.15, -0.1) is 5.10 Å². The minimum absolute atomic E-state index is 0.348. The molecular weight excluding hydrogens is 238 g/mol. The highest BCUT2D eigenvalue weighted by Gasteiger charge is 2.37. The van der Waals surface area contributed by atoms with Crippen LogP contribution < -0.4 is 10.6 Å². The number of nitrogens with zero attached hydrogens (tertiary/aromatic N) is 3. The molecule has 3 N–H and O–H groups in total. The molecule has 0 aromatic carbocycles. The van der Waals surface area contributed by atoms with Crippen LogP contribution >= 0.6 is 0 Å². The van der Waals surface area contributed by atoms with E-state index in [2.05, 4.69) is 28.9 Å². The molecule has 2 heterocycles. The zero-order valence-corrected chi connectivity index (χ0v) is 12.0. The molecule has 0 bridgehead atoms. The van der Waals surface area contributed by atoms with Crippen LogP contribution in [0, 0.1) is 5.41 Å². The molecule has 1 unspecified atom stereocenters. The quantitative estimate of drug-likeness (QED) is 0.856. The number of H-pyrrole nitrogens is 1. The Morgan fingerprint density at radius 2 is 2.00 bits per heavy atom. The number of aromatic amines is 1. The number of hydrogen-bond donors (Lipinski definition) is 2. The van der Waals surface area contributed by atoms with Crippen LogP contribution in [-0.2, 0) is 0 Å². The first-order valence-corrected chi connectivity index (χ1v) is 7.49. The SMILES string of the molecule is CC1(C)CCCC1c1nc(N2CCC(N)CC2)n[nH]1. The Bertz CT molecular complexity index is 431. The van der Waals surface area contributed by atoms with Gasteiger partial charge < -0.3 is 10.6 Å². The van der Waals surface area contributed by atoms with Crippen molar-refractivity contribution < 1.29 is 0 Å². The summed E-state index contributed by atoms with van der Waals surface area (Å²) in [4.78, 5) is 7.01. The first-order valence-electron chi connectivity index (χ1n) is 7.49. The molecule has 106 valence electrons. The maximum absolute atomic E-state index is 5.94. The maximum atomic E-state index is 5.94. The van der Waals surface area contributed by atoms with E-state index in [0.717, 1.165) is 37.7 Å². The van der Waals surface area contributed by atoms with E-state index in [4.69, 9.17) is 10.7 Å². The van der Waals surface area contributed by atoms with Crippen molar-refractivity contribution in [1.82, 2.24) is 15.2 Å². The first kappa shape index (κ1) is 12.9. The summed E-state index contributed by atoms with van der Waals surface area (Å²) in [6, 6.07) is 0.350. The second-order valence-electron chi connectivity index (χ2n) is 6.78. The molecule has 1 aromatic rings.